The Balaban J connectivity index is 1.55. The van der Waals surface area contributed by atoms with Gasteiger partial charge in [-0.2, -0.15) is 5.10 Å². The van der Waals surface area contributed by atoms with Crippen molar-refractivity contribution in [1.29, 1.82) is 0 Å². The first-order valence-electron chi connectivity index (χ1n) is 8.66. The molecule has 1 aromatic carbocycles. The van der Waals surface area contributed by atoms with E-state index in [-0.39, 0.29) is 5.91 Å². The van der Waals surface area contributed by atoms with E-state index < -0.39 is 0 Å². The Hall–Kier alpha value is -2.21. The van der Waals surface area contributed by atoms with E-state index in [1.807, 2.05) is 10.7 Å². The molecule has 0 radical (unpaired) electrons. The molecular weight excluding hydrogens is 342 g/mol. The third kappa shape index (κ3) is 3.31. The van der Waals surface area contributed by atoms with Crippen molar-refractivity contribution in [3.05, 3.63) is 35.0 Å². The van der Waals surface area contributed by atoms with Gasteiger partial charge in [-0.3, -0.25) is 4.79 Å². The lowest BCUT2D eigenvalue weighted by molar-refractivity contribution is 0.102. The number of rotatable bonds is 3. The van der Waals surface area contributed by atoms with Crippen molar-refractivity contribution in [2.24, 2.45) is 0 Å². The summed E-state index contributed by atoms with van der Waals surface area (Å²) in [6.07, 6.45) is 7.60. The molecule has 2 heterocycles. The number of anilines is 1. The van der Waals surface area contributed by atoms with Gasteiger partial charge < -0.3 is 14.8 Å². The van der Waals surface area contributed by atoms with E-state index in [4.69, 9.17) is 21.1 Å². The molecule has 132 valence electrons. The van der Waals surface area contributed by atoms with Gasteiger partial charge in [-0.15, -0.1) is 0 Å². The maximum Gasteiger partial charge on any atom is 0.257 e. The van der Waals surface area contributed by atoms with E-state index >= 15 is 0 Å². The topological polar surface area (TPSA) is 65.4 Å². The Kier molecular flexibility index (Phi) is 4.53. The van der Waals surface area contributed by atoms with Crippen LogP contribution in [0, 0.1) is 0 Å². The number of nitrogens with zero attached hydrogens (tertiary/aromatic N) is 2. The molecule has 0 spiro atoms. The summed E-state index contributed by atoms with van der Waals surface area (Å²) in [7, 11) is 0. The summed E-state index contributed by atoms with van der Waals surface area (Å²) in [4.78, 5) is 12.7. The maximum atomic E-state index is 12.7. The highest BCUT2D eigenvalue weighted by Gasteiger charge is 2.22. The van der Waals surface area contributed by atoms with Crippen LogP contribution in [0.2, 0.25) is 5.02 Å². The number of ether oxygens (including phenoxy) is 2. The molecule has 0 bridgehead atoms. The summed E-state index contributed by atoms with van der Waals surface area (Å²) in [6.45, 7) is 0.904. The number of nitrogens with one attached hydrogen (secondary N) is 1. The summed E-state index contributed by atoms with van der Waals surface area (Å²) in [5, 5.41) is 7.73. The van der Waals surface area contributed by atoms with Crippen LogP contribution in [-0.4, -0.2) is 28.9 Å². The van der Waals surface area contributed by atoms with Crippen LogP contribution >= 0.6 is 11.6 Å². The quantitative estimate of drug-likeness (QED) is 0.895. The summed E-state index contributed by atoms with van der Waals surface area (Å²) < 4.78 is 13.0. The largest absolute Gasteiger partial charge is 0.486 e. The Morgan fingerprint density at radius 1 is 1.20 bits per heavy atom. The smallest absolute Gasteiger partial charge is 0.257 e. The van der Waals surface area contributed by atoms with Gasteiger partial charge in [0.1, 0.15) is 19.0 Å². The van der Waals surface area contributed by atoms with Gasteiger partial charge in [-0.25, -0.2) is 4.68 Å². The van der Waals surface area contributed by atoms with E-state index in [0.717, 1.165) is 12.8 Å². The molecule has 1 fully saturated rings. The number of aromatic nitrogens is 2. The zero-order valence-corrected chi connectivity index (χ0v) is 14.6. The molecule has 1 N–H and O–H groups in total. The second-order valence-electron chi connectivity index (χ2n) is 6.39. The van der Waals surface area contributed by atoms with Crippen LogP contribution in [0.3, 0.4) is 0 Å². The van der Waals surface area contributed by atoms with E-state index in [0.29, 0.717) is 47.2 Å². The molecule has 1 aliphatic heterocycles. The highest BCUT2D eigenvalue weighted by atomic mass is 35.5. The molecule has 2 aliphatic rings. The monoisotopic (exact) mass is 361 g/mol. The maximum absolute atomic E-state index is 12.7. The SMILES string of the molecule is O=C(Nc1ccnn1C1CCCCC1)c1cc(Cl)c2c(c1)OCCO2. The van der Waals surface area contributed by atoms with Gasteiger partial charge in [0, 0.05) is 11.6 Å². The van der Waals surface area contributed by atoms with Gasteiger partial charge in [-0.1, -0.05) is 30.9 Å². The third-order valence-corrected chi connectivity index (χ3v) is 4.97. The Morgan fingerprint density at radius 3 is 2.84 bits per heavy atom. The molecule has 1 aromatic heterocycles. The third-order valence-electron chi connectivity index (χ3n) is 4.69. The second-order valence-corrected chi connectivity index (χ2v) is 6.80. The normalized spacial score (nSPS) is 17.3. The molecule has 1 saturated carbocycles. The number of benzene rings is 1. The number of halogens is 1. The number of carbonyl (C=O) groups is 1. The first-order valence-corrected chi connectivity index (χ1v) is 9.04. The predicted molar refractivity (Wildman–Crippen MR) is 94.7 cm³/mol. The van der Waals surface area contributed by atoms with E-state index in [1.165, 1.54) is 19.3 Å². The van der Waals surface area contributed by atoms with Crippen LogP contribution in [-0.2, 0) is 0 Å². The highest BCUT2D eigenvalue weighted by Crippen LogP contribution is 2.38. The summed E-state index contributed by atoms with van der Waals surface area (Å²) in [5.74, 6) is 1.47. The van der Waals surface area contributed by atoms with Crippen LogP contribution in [0.4, 0.5) is 5.82 Å². The van der Waals surface area contributed by atoms with E-state index in [2.05, 4.69) is 10.4 Å². The van der Waals surface area contributed by atoms with Gasteiger partial charge in [0.05, 0.1) is 17.3 Å². The zero-order valence-electron chi connectivity index (χ0n) is 13.8. The number of hydrogen-bond acceptors (Lipinski definition) is 4. The minimum absolute atomic E-state index is 0.239. The van der Waals surface area contributed by atoms with E-state index in [1.54, 1.807) is 18.3 Å². The fourth-order valence-electron chi connectivity index (χ4n) is 3.46. The molecule has 0 unspecified atom stereocenters. The van der Waals surface area contributed by atoms with Crippen molar-refractivity contribution < 1.29 is 14.3 Å². The van der Waals surface area contributed by atoms with Gasteiger partial charge in [0.25, 0.3) is 5.91 Å². The van der Waals surface area contributed by atoms with Crippen LogP contribution < -0.4 is 14.8 Å². The van der Waals surface area contributed by atoms with Crippen LogP contribution in [0.1, 0.15) is 48.5 Å². The summed E-state index contributed by atoms with van der Waals surface area (Å²) in [6, 6.07) is 5.44. The number of hydrogen-bond donors (Lipinski definition) is 1. The van der Waals surface area contributed by atoms with Crippen molar-refractivity contribution in [2.45, 2.75) is 38.1 Å². The lowest BCUT2D eigenvalue weighted by Gasteiger charge is -2.24. The van der Waals surface area contributed by atoms with Gasteiger partial charge in [0.2, 0.25) is 0 Å². The average Bonchev–Trinajstić information content (AvgIpc) is 3.10. The molecule has 0 saturated heterocycles. The zero-order chi connectivity index (χ0) is 17.2. The Bertz CT molecular complexity index is 784. The summed E-state index contributed by atoms with van der Waals surface area (Å²) in [5.41, 5.74) is 0.436. The molecule has 7 heteroatoms. The summed E-state index contributed by atoms with van der Waals surface area (Å²) >= 11 is 6.22. The van der Waals surface area contributed by atoms with Crippen molar-refractivity contribution >= 4 is 23.3 Å². The Labute approximate surface area is 151 Å². The average molecular weight is 362 g/mol. The fraction of sp³-hybridized carbons (Fsp3) is 0.444. The standard InChI is InChI=1S/C18H20ClN3O3/c19-14-10-12(11-15-17(14)25-9-8-24-15)18(23)21-16-6-7-20-22(16)13-4-2-1-3-5-13/h6-7,10-11,13H,1-5,8-9H2,(H,21,23). The van der Waals surface area contributed by atoms with E-state index in [9.17, 15) is 4.79 Å². The molecule has 2 aromatic rings. The predicted octanol–water partition coefficient (Wildman–Crippen LogP) is 4.07. The van der Waals surface area contributed by atoms with Crippen molar-refractivity contribution in [3.63, 3.8) is 0 Å². The molecule has 4 rings (SSSR count). The fourth-order valence-corrected chi connectivity index (χ4v) is 3.73. The first kappa shape index (κ1) is 16.3. The number of fused-ring (bicyclic) bond motifs is 1. The van der Waals surface area contributed by atoms with Crippen LogP contribution in [0.5, 0.6) is 11.5 Å². The first-order chi connectivity index (χ1) is 12.2. The number of amides is 1. The van der Waals surface area contributed by atoms with Crippen LogP contribution in [0.15, 0.2) is 24.4 Å². The minimum atomic E-state index is -0.239. The molecule has 25 heavy (non-hydrogen) atoms. The van der Waals surface area contributed by atoms with Crippen molar-refractivity contribution in [3.8, 4) is 11.5 Å². The number of carbonyl (C=O) groups excluding carboxylic acids is 1. The van der Waals surface area contributed by atoms with Crippen molar-refractivity contribution in [2.75, 3.05) is 18.5 Å². The highest BCUT2D eigenvalue weighted by molar-refractivity contribution is 6.32. The lowest BCUT2D eigenvalue weighted by Crippen LogP contribution is -2.21. The molecular formula is C18H20ClN3O3. The van der Waals surface area contributed by atoms with Gasteiger partial charge in [0.15, 0.2) is 11.5 Å². The molecule has 1 amide bonds. The van der Waals surface area contributed by atoms with Gasteiger partial charge in [-0.05, 0) is 25.0 Å². The Morgan fingerprint density at radius 2 is 2.00 bits per heavy atom. The lowest BCUT2D eigenvalue weighted by atomic mass is 9.96. The second kappa shape index (κ2) is 6.96. The molecule has 1 aliphatic carbocycles. The van der Waals surface area contributed by atoms with Gasteiger partial charge >= 0.3 is 0 Å². The molecule has 6 nitrogen and oxygen atoms in total. The van der Waals surface area contributed by atoms with Crippen LogP contribution in [0.25, 0.3) is 0 Å². The van der Waals surface area contributed by atoms with Crippen molar-refractivity contribution in [1.82, 2.24) is 9.78 Å². The minimum Gasteiger partial charge on any atom is -0.486 e. The molecule has 0 atom stereocenters.